The summed E-state index contributed by atoms with van der Waals surface area (Å²) in [5.74, 6) is -0.612. The number of sulfonamides is 1. The Labute approximate surface area is 106 Å². The third-order valence-corrected chi connectivity index (χ3v) is 4.55. The second kappa shape index (κ2) is 5.64. The van der Waals surface area contributed by atoms with Crippen LogP contribution in [0.1, 0.15) is 12.5 Å². The minimum atomic E-state index is -3.75. The average Bonchev–Trinajstić information content (AvgIpc) is 2.31. The van der Waals surface area contributed by atoms with Crippen molar-refractivity contribution in [3.05, 3.63) is 23.5 Å². The van der Waals surface area contributed by atoms with Gasteiger partial charge in [0.25, 0.3) is 0 Å². The zero-order valence-corrected chi connectivity index (χ0v) is 11.2. The predicted molar refractivity (Wildman–Crippen MR) is 67.1 cm³/mol. The van der Waals surface area contributed by atoms with Crippen LogP contribution >= 0.6 is 0 Å². The summed E-state index contributed by atoms with van der Waals surface area (Å²) in [6.07, 6.45) is 0. The van der Waals surface area contributed by atoms with E-state index in [4.69, 9.17) is 10.8 Å². The molecule has 0 fully saturated rings. The maximum atomic E-state index is 13.4. The summed E-state index contributed by atoms with van der Waals surface area (Å²) in [6, 6.07) is 2.33. The van der Waals surface area contributed by atoms with Gasteiger partial charge in [0.15, 0.2) is 0 Å². The number of rotatable bonds is 5. The Kier molecular flexibility index (Phi) is 4.66. The van der Waals surface area contributed by atoms with Crippen LogP contribution in [0.25, 0.3) is 0 Å². The zero-order chi connectivity index (χ0) is 13.9. The van der Waals surface area contributed by atoms with Gasteiger partial charge in [-0.25, -0.2) is 12.8 Å². The van der Waals surface area contributed by atoms with E-state index < -0.39 is 15.8 Å². The highest BCUT2D eigenvalue weighted by atomic mass is 32.2. The molecule has 0 bridgehead atoms. The van der Waals surface area contributed by atoms with Gasteiger partial charge in [0.2, 0.25) is 10.0 Å². The van der Waals surface area contributed by atoms with Gasteiger partial charge < -0.3 is 10.8 Å². The number of aryl methyl sites for hydroxylation is 1. The van der Waals surface area contributed by atoms with Gasteiger partial charge in [-0.1, -0.05) is 6.92 Å². The molecule has 7 heteroatoms. The van der Waals surface area contributed by atoms with Gasteiger partial charge in [-0.15, -0.1) is 0 Å². The predicted octanol–water partition coefficient (Wildman–Crippen LogP) is 0.719. The summed E-state index contributed by atoms with van der Waals surface area (Å²) < 4.78 is 38.9. The molecular weight excluding hydrogens is 259 g/mol. The van der Waals surface area contributed by atoms with Crippen LogP contribution in [0.15, 0.2) is 17.0 Å². The van der Waals surface area contributed by atoms with Crippen molar-refractivity contribution >= 4 is 15.7 Å². The molecule has 3 N–H and O–H groups in total. The lowest BCUT2D eigenvalue weighted by Crippen LogP contribution is -2.33. The van der Waals surface area contributed by atoms with E-state index in [-0.39, 0.29) is 35.8 Å². The van der Waals surface area contributed by atoms with Gasteiger partial charge in [-0.3, -0.25) is 0 Å². The Bertz CT molecular complexity index is 508. The van der Waals surface area contributed by atoms with Crippen molar-refractivity contribution in [2.24, 2.45) is 0 Å². The van der Waals surface area contributed by atoms with Crippen molar-refractivity contribution < 1.29 is 17.9 Å². The first-order chi connectivity index (χ1) is 8.34. The molecule has 0 atom stereocenters. The molecular formula is C11H17FN2O3S. The van der Waals surface area contributed by atoms with E-state index in [1.165, 1.54) is 13.0 Å². The molecule has 0 unspecified atom stereocenters. The molecule has 102 valence electrons. The number of hydrogen-bond acceptors (Lipinski definition) is 4. The lowest BCUT2D eigenvalue weighted by atomic mass is 10.2. The molecule has 0 saturated carbocycles. The highest BCUT2D eigenvalue weighted by Gasteiger charge is 2.24. The van der Waals surface area contributed by atoms with E-state index in [0.29, 0.717) is 0 Å². The first kappa shape index (κ1) is 14.9. The van der Waals surface area contributed by atoms with Gasteiger partial charge in [0, 0.05) is 13.1 Å². The summed E-state index contributed by atoms with van der Waals surface area (Å²) in [7, 11) is -3.75. The minimum Gasteiger partial charge on any atom is -0.396 e. The molecule has 0 aliphatic heterocycles. The van der Waals surface area contributed by atoms with Gasteiger partial charge in [-0.2, -0.15) is 4.31 Å². The molecule has 18 heavy (non-hydrogen) atoms. The maximum absolute atomic E-state index is 13.4. The second-order valence-corrected chi connectivity index (χ2v) is 5.80. The van der Waals surface area contributed by atoms with Crippen LogP contribution in [0.3, 0.4) is 0 Å². The molecule has 0 spiro atoms. The fourth-order valence-corrected chi connectivity index (χ4v) is 3.18. The molecule has 1 aromatic rings. The van der Waals surface area contributed by atoms with Crippen LogP contribution in [0.5, 0.6) is 0 Å². The van der Waals surface area contributed by atoms with Crippen LogP contribution in [-0.4, -0.2) is 37.5 Å². The number of halogens is 1. The van der Waals surface area contributed by atoms with Gasteiger partial charge in [-0.05, 0) is 24.6 Å². The van der Waals surface area contributed by atoms with Crippen LogP contribution in [0, 0.1) is 12.7 Å². The van der Waals surface area contributed by atoms with E-state index >= 15 is 0 Å². The van der Waals surface area contributed by atoms with Crippen molar-refractivity contribution in [2.75, 3.05) is 25.4 Å². The normalized spacial score (nSPS) is 12.1. The maximum Gasteiger partial charge on any atom is 0.243 e. The number of nitrogens with two attached hydrogens (primary N) is 1. The zero-order valence-electron chi connectivity index (χ0n) is 10.4. The summed E-state index contributed by atoms with van der Waals surface area (Å²) in [4.78, 5) is -0.0609. The molecule has 0 heterocycles. The minimum absolute atomic E-state index is 0.00480. The van der Waals surface area contributed by atoms with Crippen LogP contribution in [0.4, 0.5) is 10.1 Å². The van der Waals surface area contributed by atoms with Gasteiger partial charge in [0.05, 0.1) is 17.2 Å². The number of likely N-dealkylation sites (N-methyl/N-ethyl adjacent to an activating group) is 1. The Balaban J connectivity index is 3.28. The SMILES string of the molecule is CCN(CCO)S(=O)(=O)c1cc(C)c(F)c(N)c1. The largest absolute Gasteiger partial charge is 0.396 e. The molecule has 0 aliphatic rings. The highest BCUT2D eigenvalue weighted by molar-refractivity contribution is 7.89. The number of aliphatic hydroxyl groups is 1. The molecule has 1 aromatic carbocycles. The summed E-state index contributed by atoms with van der Waals surface area (Å²) in [6.45, 7) is 3.05. The Morgan fingerprint density at radius 1 is 1.44 bits per heavy atom. The lowest BCUT2D eigenvalue weighted by molar-refractivity contribution is 0.257. The lowest BCUT2D eigenvalue weighted by Gasteiger charge is -2.20. The molecule has 0 amide bonds. The standard InChI is InChI=1S/C11H17FN2O3S/c1-3-14(4-5-15)18(16,17)9-6-8(2)11(12)10(13)7-9/h6-7,15H,3-5,13H2,1-2H3. The first-order valence-electron chi connectivity index (χ1n) is 5.51. The number of benzene rings is 1. The highest BCUT2D eigenvalue weighted by Crippen LogP contribution is 2.23. The van der Waals surface area contributed by atoms with E-state index in [1.807, 2.05) is 0 Å². The molecule has 0 radical (unpaired) electrons. The fraction of sp³-hybridized carbons (Fsp3) is 0.455. The Morgan fingerprint density at radius 2 is 2.06 bits per heavy atom. The Hall–Kier alpha value is -1.18. The van der Waals surface area contributed by atoms with Gasteiger partial charge in [0.1, 0.15) is 5.82 Å². The van der Waals surface area contributed by atoms with Crippen molar-refractivity contribution in [3.8, 4) is 0 Å². The molecule has 1 rings (SSSR count). The fourth-order valence-electron chi connectivity index (χ4n) is 1.62. The summed E-state index contributed by atoms with van der Waals surface area (Å²) in [5, 5.41) is 8.84. The smallest absolute Gasteiger partial charge is 0.243 e. The van der Waals surface area contributed by atoms with Crippen molar-refractivity contribution in [3.63, 3.8) is 0 Å². The van der Waals surface area contributed by atoms with E-state index in [0.717, 1.165) is 10.4 Å². The Morgan fingerprint density at radius 3 is 2.50 bits per heavy atom. The van der Waals surface area contributed by atoms with Crippen molar-refractivity contribution in [1.82, 2.24) is 4.31 Å². The number of nitrogens with zero attached hydrogens (tertiary/aromatic N) is 1. The van der Waals surface area contributed by atoms with Crippen LogP contribution in [0.2, 0.25) is 0 Å². The number of anilines is 1. The monoisotopic (exact) mass is 276 g/mol. The molecule has 0 aliphatic carbocycles. The van der Waals surface area contributed by atoms with Crippen molar-refractivity contribution in [2.45, 2.75) is 18.7 Å². The van der Waals surface area contributed by atoms with E-state index in [1.54, 1.807) is 6.92 Å². The topological polar surface area (TPSA) is 83.6 Å². The van der Waals surface area contributed by atoms with E-state index in [2.05, 4.69) is 0 Å². The molecule has 0 aromatic heterocycles. The number of nitrogen functional groups attached to an aromatic ring is 1. The average molecular weight is 276 g/mol. The van der Waals surface area contributed by atoms with Crippen molar-refractivity contribution in [1.29, 1.82) is 0 Å². The number of hydrogen-bond donors (Lipinski definition) is 2. The van der Waals surface area contributed by atoms with Crippen LogP contribution < -0.4 is 5.73 Å². The second-order valence-electron chi connectivity index (χ2n) is 3.86. The first-order valence-corrected chi connectivity index (χ1v) is 6.95. The quantitative estimate of drug-likeness (QED) is 0.776. The van der Waals surface area contributed by atoms with E-state index in [9.17, 15) is 12.8 Å². The van der Waals surface area contributed by atoms with Crippen LogP contribution in [-0.2, 0) is 10.0 Å². The summed E-state index contributed by atoms with van der Waals surface area (Å²) >= 11 is 0. The summed E-state index contributed by atoms with van der Waals surface area (Å²) in [5.41, 5.74) is 5.40. The third kappa shape index (κ3) is 2.80. The molecule has 5 nitrogen and oxygen atoms in total. The third-order valence-electron chi connectivity index (χ3n) is 2.60. The van der Waals surface area contributed by atoms with Gasteiger partial charge >= 0.3 is 0 Å². The molecule has 0 saturated heterocycles. The number of aliphatic hydroxyl groups excluding tert-OH is 1.